The highest BCUT2D eigenvalue weighted by Gasteiger charge is 2.28. The summed E-state index contributed by atoms with van der Waals surface area (Å²) in [7, 11) is 0. The highest BCUT2D eigenvalue weighted by Crippen LogP contribution is 2.23. The zero-order valence-electron chi connectivity index (χ0n) is 11.2. The third-order valence-corrected chi connectivity index (χ3v) is 3.37. The topological polar surface area (TPSA) is 76.0 Å². The molecule has 1 unspecified atom stereocenters. The van der Waals surface area contributed by atoms with Crippen molar-refractivity contribution < 1.29 is 19.4 Å². The minimum atomic E-state index is -1.08. The van der Waals surface area contributed by atoms with Crippen LogP contribution in [0.3, 0.4) is 0 Å². The first-order chi connectivity index (χ1) is 10.5. The second-order valence-electron chi connectivity index (χ2n) is 4.71. The van der Waals surface area contributed by atoms with E-state index in [1.54, 1.807) is 36.4 Å². The van der Waals surface area contributed by atoms with Gasteiger partial charge >= 0.3 is 11.9 Å². The van der Waals surface area contributed by atoms with E-state index in [9.17, 15) is 9.59 Å². The molecule has 0 saturated carbocycles. The van der Waals surface area contributed by atoms with Crippen LogP contribution in [0.1, 0.15) is 5.56 Å². The van der Waals surface area contributed by atoms with Crippen molar-refractivity contribution in [2.45, 2.75) is 6.10 Å². The Hall–Kier alpha value is -2.66. The quantitative estimate of drug-likeness (QED) is 0.851. The van der Waals surface area contributed by atoms with Crippen LogP contribution in [0.15, 0.2) is 58.8 Å². The molecule has 0 spiro atoms. The Morgan fingerprint density at radius 2 is 2.23 bits per heavy atom. The summed E-state index contributed by atoms with van der Waals surface area (Å²) >= 11 is 5.90. The summed E-state index contributed by atoms with van der Waals surface area (Å²) in [5, 5.41) is 9.49. The third-order valence-electron chi connectivity index (χ3n) is 3.13. The van der Waals surface area contributed by atoms with Crippen molar-refractivity contribution in [3.05, 3.63) is 64.4 Å². The largest absolute Gasteiger partial charge is 0.478 e. The second-order valence-corrected chi connectivity index (χ2v) is 5.14. The normalized spacial score (nSPS) is 21.8. The first-order valence-electron chi connectivity index (χ1n) is 6.43. The van der Waals surface area contributed by atoms with Gasteiger partial charge in [-0.3, -0.25) is 4.79 Å². The van der Waals surface area contributed by atoms with Gasteiger partial charge in [0.05, 0.1) is 11.3 Å². The molecule has 1 N–H and O–H groups in total. The van der Waals surface area contributed by atoms with Gasteiger partial charge in [-0.05, 0) is 42.0 Å². The lowest BCUT2D eigenvalue weighted by Gasteiger charge is -2.23. The van der Waals surface area contributed by atoms with Crippen LogP contribution in [0.4, 0.5) is 0 Å². The number of ether oxygens (including phenoxy) is 1. The molecular formula is C16H10ClNO4. The number of nitrogens with zero attached hydrogens (tertiary/aromatic N) is 1. The van der Waals surface area contributed by atoms with Crippen LogP contribution >= 0.6 is 11.6 Å². The van der Waals surface area contributed by atoms with Gasteiger partial charge < -0.3 is 9.84 Å². The number of amides is 1. The molecule has 110 valence electrons. The highest BCUT2D eigenvalue weighted by molar-refractivity contribution is 6.30. The number of fused-ring (bicyclic) bond motifs is 1. The molecule has 0 aromatic heterocycles. The fraction of sp³-hybridized carbons (Fsp3) is 0.0625. The van der Waals surface area contributed by atoms with E-state index in [0.717, 1.165) is 5.56 Å². The predicted molar refractivity (Wildman–Crippen MR) is 81.6 cm³/mol. The molecule has 1 amide bonds. The predicted octanol–water partition coefficient (Wildman–Crippen LogP) is 2.63. The van der Waals surface area contributed by atoms with E-state index < -0.39 is 18.0 Å². The number of halogens is 1. The molecule has 0 saturated heterocycles. The molecule has 6 heteroatoms. The van der Waals surface area contributed by atoms with E-state index in [1.807, 2.05) is 0 Å². The van der Waals surface area contributed by atoms with E-state index in [2.05, 4.69) is 4.99 Å². The van der Waals surface area contributed by atoms with Crippen LogP contribution in [0, 0.1) is 0 Å². The van der Waals surface area contributed by atoms with Gasteiger partial charge in [0.2, 0.25) is 0 Å². The molecular weight excluding hydrogens is 306 g/mol. The lowest BCUT2D eigenvalue weighted by Crippen LogP contribution is -2.31. The molecule has 0 fully saturated rings. The van der Waals surface area contributed by atoms with Crippen molar-refractivity contribution >= 4 is 35.3 Å². The first kappa shape index (κ1) is 14.3. The van der Waals surface area contributed by atoms with E-state index >= 15 is 0 Å². The fourth-order valence-electron chi connectivity index (χ4n) is 2.11. The van der Waals surface area contributed by atoms with Crippen LogP contribution in [0.25, 0.3) is 6.08 Å². The molecule has 2 aliphatic rings. The zero-order chi connectivity index (χ0) is 15.7. The average Bonchev–Trinajstić information content (AvgIpc) is 2.47. The minimum Gasteiger partial charge on any atom is -0.478 e. The van der Waals surface area contributed by atoms with E-state index in [0.29, 0.717) is 5.02 Å². The number of aliphatic carboxylic acids is 1. The van der Waals surface area contributed by atoms with Gasteiger partial charge in [-0.15, -0.1) is 0 Å². The number of carboxylic acids is 1. The molecule has 1 aliphatic carbocycles. The Morgan fingerprint density at radius 1 is 1.41 bits per heavy atom. The van der Waals surface area contributed by atoms with Crippen molar-refractivity contribution in [1.29, 1.82) is 0 Å². The molecule has 1 atom stereocenters. The van der Waals surface area contributed by atoms with Crippen LogP contribution in [-0.2, 0) is 14.3 Å². The minimum absolute atomic E-state index is 0.0636. The van der Waals surface area contributed by atoms with Crippen LogP contribution in [0.5, 0.6) is 0 Å². The Morgan fingerprint density at radius 3 is 2.95 bits per heavy atom. The molecule has 0 bridgehead atoms. The van der Waals surface area contributed by atoms with Crippen molar-refractivity contribution in [2.24, 2.45) is 4.99 Å². The van der Waals surface area contributed by atoms with Crippen LogP contribution in [0.2, 0.25) is 5.02 Å². The van der Waals surface area contributed by atoms with Crippen LogP contribution < -0.4 is 0 Å². The van der Waals surface area contributed by atoms with Crippen LogP contribution in [-0.4, -0.2) is 28.8 Å². The molecule has 22 heavy (non-hydrogen) atoms. The Bertz CT molecular complexity index is 789. The third kappa shape index (κ3) is 2.84. The lowest BCUT2D eigenvalue weighted by atomic mass is 10.0. The van der Waals surface area contributed by atoms with Crippen molar-refractivity contribution in [3.8, 4) is 0 Å². The van der Waals surface area contributed by atoms with Crippen molar-refractivity contribution in [1.82, 2.24) is 0 Å². The number of benzene rings is 1. The standard InChI is InChI=1S/C16H10ClNO4/c17-11-3-1-2-9(6-11)7-14-15(19)18-12-8-10(16(20)21)4-5-13(12)22-14/h1-8,13H,(H,20,21)/b14-7+. The maximum atomic E-state index is 12.0. The number of hydrogen-bond acceptors (Lipinski definition) is 3. The van der Waals surface area contributed by atoms with Crippen molar-refractivity contribution in [3.63, 3.8) is 0 Å². The van der Waals surface area contributed by atoms with Crippen molar-refractivity contribution in [2.75, 3.05) is 0 Å². The fourth-order valence-corrected chi connectivity index (χ4v) is 2.31. The van der Waals surface area contributed by atoms with E-state index in [4.69, 9.17) is 21.4 Å². The second kappa shape index (κ2) is 5.61. The smallest absolute Gasteiger partial charge is 0.335 e. The Balaban J connectivity index is 1.92. The number of rotatable bonds is 2. The summed E-state index contributed by atoms with van der Waals surface area (Å²) in [5.41, 5.74) is 1.07. The summed E-state index contributed by atoms with van der Waals surface area (Å²) in [6.07, 6.45) is 5.31. The van der Waals surface area contributed by atoms with E-state index in [-0.39, 0.29) is 17.0 Å². The van der Waals surface area contributed by atoms with Gasteiger partial charge in [-0.25, -0.2) is 9.79 Å². The summed E-state index contributed by atoms with van der Waals surface area (Å²) in [6.45, 7) is 0. The van der Waals surface area contributed by atoms with Gasteiger partial charge in [0, 0.05) is 5.02 Å². The summed E-state index contributed by atoms with van der Waals surface area (Å²) in [4.78, 5) is 26.8. The number of aliphatic imine (C=N–C) groups is 1. The van der Waals surface area contributed by atoms with Gasteiger partial charge in [0.15, 0.2) is 11.9 Å². The number of carbonyl (C=O) groups excluding carboxylic acids is 1. The van der Waals surface area contributed by atoms with E-state index in [1.165, 1.54) is 12.2 Å². The SMILES string of the molecule is O=C(O)C1=CC2=NC(=O)/C(=C\c3cccc(Cl)c3)OC2C=C1. The van der Waals surface area contributed by atoms with Gasteiger partial charge in [-0.1, -0.05) is 23.7 Å². The number of carboxylic acid groups (broad SMARTS) is 1. The van der Waals surface area contributed by atoms with Gasteiger partial charge in [-0.2, -0.15) is 0 Å². The zero-order valence-corrected chi connectivity index (χ0v) is 11.9. The van der Waals surface area contributed by atoms with Gasteiger partial charge in [0.25, 0.3) is 0 Å². The summed E-state index contributed by atoms with van der Waals surface area (Å²) in [6, 6.07) is 6.97. The van der Waals surface area contributed by atoms with Gasteiger partial charge in [0.1, 0.15) is 0 Å². The summed E-state index contributed by atoms with van der Waals surface area (Å²) in [5.74, 6) is -1.54. The maximum Gasteiger partial charge on any atom is 0.335 e. The highest BCUT2D eigenvalue weighted by atomic mass is 35.5. The summed E-state index contributed by atoms with van der Waals surface area (Å²) < 4.78 is 5.59. The molecule has 1 aliphatic heterocycles. The average molecular weight is 316 g/mol. The number of carbonyl (C=O) groups is 2. The molecule has 0 radical (unpaired) electrons. The lowest BCUT2D eigenvalue weighted by molar-refractivity contribution is -0.132. The maximum absolute atomic E-state index is 12.0. The number of hydrogen-bond donors (Lipinski definition) is 1. The molecule has 1 heterocycles. The molecule has 1 aromatic rings. The Labute approximate surface area is 130 Å². The molecule has 5 nitrogen and oxygen atoms in total. The molecule has 3 rings (SSSR count). The first-order valence-corrected chi connectivity index (χ1v) is 6.81. The monoisotopic (exact) mass is 315 g/mol. The Kier molecular flexibility index (Phi) is 3.65. The molecule has 1 aromatic carbocycles.